The first-order valence-corrected chi connectivity index (χ1v) is 10.2. The van der Waals surface area contributed by atoms with Gasteiger partial charge in [-0.1, -0.05) is 28.9 Å². The number of aryl methyl sites for hydroxylation is 1. The summed E-state index contributed by atoms with van der Waals surface area (Å²) in [4.78, 5) is 4.17. The number of hydrogen-bond donors (Lipinski definition) is 1. The number of alkyl halides is 1. The van der Waals surface area contributed by atoms with Gasteiger partial charge in [-0.05, 0) is 43.7 Å². The summed E-state index contributed by atoms with van der Waals surface area (Å²) < 4.78 is 27.7. The van der Waals surface area contributed by atoms with E-state index in [1.54, 1.807) is 6.20 Å². The molecule has 21 heavy (non-hydrogen) atoms. The summed E-state index contributed by atoms with van der Waals surface area (Å²) in [5.41, 5.74) is 0.503. The van der Waals surface area contributed by atoms with E-state index in [0.29, 0.717) is 17.7 Å². The molecule has 1 aromatic rings. The monoisotopic (exact) mass is 374 g/mol. The van der Waals surface area contributed by atoms with Crippen LogP contribution in [0.5, 0.6) is 0 Å². The Morgan fingerprint density at radius 2 is 2.10 bits per heavy atom. The van der Waals surface area contributed by atoms with Gasteiger partial charge in [0.15, 0.2) is 0 Å². The molecule has 1 N–H and O–H groups in total. The lowest BCUT2D eigenvalue weighted by molar-refractivity contribution is 0.250. The second kappa shape index (κ2) is 7.20. The van der Waals surface area contributed by atoms with Crippen molar-refractivity contribution in [3.05, 3.63) is 30.1 Å². The molecule has 4 nitrogen and oxygen atoms in total. The summed E-state index contributed by atoms with van der Waals surface area (Å²) >= 11 is 3.50. The van der Waals surface area contributed by atoms with E-state index in [9.17, 15) is 8.42 Å². The number of pyridine rings is 1. The van der Waals surface area contributed by atoms with E-state index in [2.05, 4.69) is 32.6 Å². The Morgan fingerprint density at radius 1 is 1.38 bits per heavy atom. The van der Waals surface area contributed by atoms with E-state index < -0.39 is 10.0 Å². The molecule has 0 aliphatic heterocycles. The number of sulfonamides is 1. The molecule has 2 rings (SSSR count). The Bertz CT molecular complexity index is 540. The fourth-order valence-electron chi connectivity index (χ4n) is 2.74. The Balaban J connectivity index is 1.96. The van der Waals surface area contributed by atoms with Crippen LogP contribution in [0.1, 0.15) is 38.3 Å². The standard InChI is InChI=1S/C15H23BrN2O2S/c1-13-5-8-15(12-16,9-6-13)18-21(19,20)11-7-14-4-2-3-10-17-14/h2-4,10,13,18H,5-9,11-12H2,1H3. The van der Waals surface area contributed by atoms with Crippen molar-refractivity contribution in [3.8, 4) is 0 Å². The van der Waals surface area contributed by atoms with Gasteiger partial charge in [-0.15, -0.1) is 0 Å². The third-order valence-electron chi connectivity index (χ3n) is 4.21. The number of halogens is 1. The van der Waals surface area contributed by atoms with E-state index in [1.165, 1.54) is 0 Å². The van der Waals surface area contributed by atoms with E-state index >= 15 is 0 Å². The highest BCUT2D eigenvalue weighted by molar-refractivity contribution is 9.09. The third-order valence-corrected chi connectivity index (χ3v) is 6.77. The Labute approximate surface area is 135 Å². The minimum Gasteiger partial charge on any atom is -0.261 e. The number of hydrogen-bond acceptors (Lipinski definition) is 3. The molecule has 0 atom stereocenters. The Kier molecular flexibility index (Phi) is 5.80. The van der Waals surface area contributed by atoms with Crippen LogP contribution in [0.4, 0.5) is 0 Å². The van der Waals surface area contributed by atoms with Crippen molar-refractivity contribution in [2.75, 3.05) is 11.1 Å². The van der Waals surface area contributed by atoms with E-state index in [4.69, 9.17) is 0 Å². The maximum Gasteiger partial charge on any atom is 0.212 e. The second-order valence-electron chi connectivity index (χ2n) is 6.09. The minimum absolute atomic E-state index is 0.0916. The maximum absolute atomic E-state index is 12.4. The van der Waals surface area contributed by atoms with Gasteiger partial charge in [0.2, 0.25) is 10.0 Å². The van der Waals surface area contributed by atoms with Crippen molar-refractivity contribution in [2.24, 2.45) is 5.92 Å². The predicted octanol–water partition coefficient (Wildman–Crippen LogP) is 2.89. The van der Waals surface area contributed by atoms with Crippen LogP contribution in [-0.4, -0.2) is 30.0 Å². The fourth-order valence-corrected chi connectivity index (χ4v) is 5.15. The van der Waals surface area contributed by atoms with Crippen LogP contribution in [0, 0.1) is 5.92 Å². The first-order valence-electron chi connectivity index (χ1n) is 7.42. The first-order chi connectivity index (χ1) is 9.95. The molecule has 1 aromatic heterocycles. The molecule has 0 radical (unpaired) electrons. The second-order valence-corrected chi connectivity index (χ2v) is 8.49. The Morgan fingerprint density at radius 3 is 2.67 bits per heavy atom. The fraction of sp³-hybridized carbons (Fsp3) is 0.667. The zero-order chi connectivity index (χ0) is 15.3. The van der Waals surface area contributed by atoms with Gasteiger partial charge >= 0.3 is 0 Å². The van der Waals surface area contributed by atoms with Gasteiger partial charge in [0.05, 0.1) is 5.75 Å². The quantitative estimate of drug-likeness (QED) is 0.778. The van der Waals surface area contributed by atoms with Crippen LogP contribution in [0.25, 0.3) is 0 Å². The highest BCUT2D eigenvalue weighted by atomic mass is 79.9. The van der Waals surface area contributed by atoms with Crippen LogP contribution in [0.15, 0.2) is 24.4 Å². The summed E-state index contributed by atoms with van der Waals surface area (Å²) in [7, 11) is -3.29. The lowest BCUT2D eigenvalue weighted by Crippen LogP contribution is -2.52. The summed E-state index contributed by atoms with van der Waals surface area (Å²) in [6.45, 7) is 2.23. The van der Waals surface area contributed by atoms with Crippen molar-refractivity contribution in [3.63, 3.8) is 0 Å². The average Bonchev–Trinajstić information content (AvgIpc) is 2.49. The van der Waals surface area contributed by atoms with Gasteiger partial charge < -0.3 is 0 Å². The van der Waals surface area contributed by atoms with Crippen LogP contribution in [0.2, 0.25) is 0 Å². The van der Waals surface area contributed by atoms with E-state index in [0.717, 1.165) is 31.4 Å². The number of nitrogens with one attached hydrogen (secondary N) is 1. The predicted molar refractivity (Wildman–Crippen MR) is 89.0 cm³/mol. The molecule has 118 valence electrons. The lowest BCUT2D eigenvalue weighted by atomic mass is 9.79. The third kappa shape index (κ3) is 5.04. The van der Waals surface area contributed by atoms with Crippen LogP contribution >= 0.6 is 15.9 Å². The van der Waals surface area contributed by atoms with Crippen molar-refractivity contribution < 1.29 is 8.42 Å². The molecule has 1 heterocycles. The summed E-state index contributed by atoms with van der Waals surface area (Å²) in [5.74, 6) is 0.782. The molecule has 0 aromatic carbocycles. The number of rotatable bonds is 6. The van der Waals surface area contributed by atoms with Gasteiger partial charge in [0.1, 0.15) is 0 Å². The number of nitrogens with zero attached hydrogens (tertiary/aromatic N) is 1. The van der Waals surface area contributed by atoms with Gasteiger partial charge in [-0.25, -0.2) is 13.1 Å². The zero-order valence-corrected chi connectivity index (χ0v) is 14.8. The molecule has 1 saturated carbocycles. The van der Waals surface area contributed by atoms with Crippen molar-refractivity contribution >= 4 is 26.0 Å². The molecule has 0 saturated heterocycles. The van der Waals surface area contributed by atoms with Crippen LogP contribution < -0.4 is 4.72 Å². The maximum atomic E-state index is 12.4. The minimum atomic E-state index is -3.29. The van der Waals surface area contributed by atoms with Gasteiger partial charge in [-0.2, -0.15) is 0 Å². The molecule has 0 unspecified atom stereocenters. The summed E-state index contributed by atoms with van der Waals surface area (Å²) in [5, 5.41) is 0.676. The summed E-state index contributed by atoms with van der Waals surface area (Å²) in [6, 6.07) is 5.57. The van der Waals surface area contributed by atoms with Crippen molar-refractivity contribution in [1.82, 2.24) is 9.71 Å². The summed E-state index contributed by atoms with van der Waals surface area (Å²) in [6.07, 6.45) is 6.11. The van der Waals surface area contributed by atoms with Crippen LogP contribution in [-0.2, 0) is 16.4 Å². The highest BCUT2D eigenvalue weighted by Gasteiger charge is 2.36. The van der Waals surface area contributed by atoms with E-state index in [1.807, 2.05) is 18.2 Å². The molecule has 0 bridgehead atoms. The normalized spacial score (nSPS) is 26.7. The molecule has 0 amide bonds. The molecule has 1 aliphatic carbocycles. The van der Waals surface area contributed by atoms with E-state index in [-0.39, 0.29) is 11.3 Å². The Hall–Kier alpha value is -0.460. The molecular weight excluding hydrogens is 352 g/mol. The molecule has 0 spiro atoms. The first kappa shape index (κ1) is 16.9. The largest absolute Gasteiger partial charge is 0.261 e. The van der Waals surface area contributed by atoms with Gasteiger partial charge in [0, 0.05) is 29.2 Å². The van der Waals surface area contributed by atoms with Crippen molar-refractivity contribution in [1.29, 1.82) is 0 Å². The van der Waals surface area contributed by atoms with Crippen LogP contribution in [0.3, 0.4) is 0 Å². The molecular formula is C15H23BrN2O2S. The smallest absolute Gasteiger partial charge is 0.212 e. The van der Waals surface area contributed by atoms with Gasteiger partial charge in [0.25, 0.3) is 0 Å². The SMILES string of the molecule is CC1CCC(CBr)(NS(=O)(=O)CCc2ccccn2)CC1. The highest BCUT2D eigenvalue weighted by Crippen LogP contribution is 2.33. The topological polar surface area (TPSA) is 59.1 Å². The molecule has 1 aliphatic rings. The van der Waals surface area contributed by atoms with Crippen molar-refractivity contribution in [2.45, 2.75) is 44.6 Å². The van der Waals surface area contributed by atoms with Gasteiger partial charge in [-0.3, -0.25) is 4.98 Å². The number of aromatic nitrogens is 1. The molecule has 6 heteroatoms. The average molecular weight is 375 g/mol. The lowest BCUT2D eigenvalue weighted by Gasteiger charge is -2.38. The molecule has 1 fully saturated rings. The zero-order valence-electron chi connectivity index (χ0n) is 12.4.